The molecule has 0 aliphatic rings. The molecule has 89 heavy (non-hydrogen) atoms. The molecular weight excluding hydrogens is 1170 g/mol. The van der Waals surface area contributed by atoms with Gasteiger partial charge in [0.2, 0.25) is 0 Å². The highest BCUT2D eigenvalue weighted by Gasteiger charge is 2.30. The van der Waals surface area contributed by atoms with Gasteiger partial charge in [-0.2, -0.15) is 0 Å². The molecule has 0 aromatic heterocycles. The van der Waals surface area contributed by atoms with Gasteiger partial charge in [-0.05, 0) is 31.6 Å². The normalized spacial score (nSPS) is 14.1. The number of aliphatic hydroxyl groups excluding tert-OH is 1. The molecule has 0 saturated heterocycles. The minimum atomic E-state index is -4.95. The number of carbonyl (C=O) groups is 4. The lowest BCUT2D eigenvalue weighted by molar-refractivity contribution is -0.161. The Morgan fingerprint density at radius 3 is 0.764 bits per heavy atom. The Morgan fingerprint density at radius 2 is 0.517 bits per heavy atom. The zero-order valence-corrected chi connectivity index (χ0v) is 59.4. The quantitative estimate of drug-likeness (QED) is 0.0222. The van der Waals surface area contributed by atoms with Crippen molar-refractivity contribution in [1.29, 1.82) is 0 Å². The maximum atomic E-state index is 13.0. The maximum Gasteiger partial charge on any atom is 0.472 e. The Bertz CT molecular complexity index is 1720. The third kappa shape index (κ3) is 64.6. The van der Waals surface area contributed by atoms with Crippen LogP contribution in [-0.4, -0.2) is 96.7 Å². The molecule has 19 heteroatoms. The molecular formula is C70H136O17P2. The molecule has 0 aliphatic carbocycles. The van der Waals surface area contributed by atoms with E-state index in [2.05, 4.69) is 34.6 Å². The molecule has 0 amide bonds. The summed E-state index contributed by atoms with van der Waals surface area (Å²) in [5.74, 6) is -1.42. The summed E-state index contributed by atoms with van der Waals surface area (Å²) in [4.78, 5) is 72.5. The van der Waals surface area contributed by atoms with Crippen LogP contribution in [0.1, 0.15) is 362 Å². The Kier molecular flexibility index (Phi) is 62.1. The second-order valence-corrected chi connectivity index (χ2v) is 28.7. The summed E-state index contributed by atoms with van der Waals surface area (Å²) in [5.41, 5.74) is 0. The van der Waals surface area contributed by atoms with E-state index in [0.717, 1.165) is 96.3 Å². The van der Waals surface area contributed by atoms with Crippen LogP contribution in [-0.2, 0) is 65.4 Å². The maximum absolute atomic E-state index is 13.0. The SMILES string of the molecule is CCCCCCCCCCCCCCCCC(=O)OC[C@H](COP(=O)(O)OC[C@@H](O)COP(=O)(O)OC[C@@H](COC(=O)CCCCCCCCCC(C)C)OC(=O)CCCCCCCCCCCCC)OC(=O)CCCCCCCCCCCCCCCC. The van der Waals surface area contributed by atoms with Gasteiger partial charge >= 0.3 is 39.5 Å². The zero-order chi connectivity index (χ0) is 65.6. The van der Waals surface area contributed by atoms with E-state index >= 15 is 0 Å². The lowest BCUT2D eigenvalue weighted by Gasteiger charge is -2.21. The zero-order valence-electron chi connectivity index (χ0n) is 57.6. The number of ether oxygens (including phenoxy) is 4. The van der Waals surface area contributed by atoms with Crippen molar-refractivity contribution >= 4 is 39.5 Å². The Balaban J connectivity index is 5.24. The molecule has 0 rings (SSSR count). The van der Waals surface area contributed by atoms with Gasteiger partial charge in [-0.15, -0.1) is 0 Å². The van der Waals surface area contributed by atoms with Crippen LogP contribution < -0.4 is 0 Å². The van der Waals surface area contributed by atoms with E-state index < -0.39 is 97.5 Å². The van der Waals surface area contributed by atoms with Gasteiger partial charge in [0, 0.05) is 25.7 Å². The lowest BCUT2D eigenvalue weighted by atomic mass is 10.0. The summed E-state index contributed by atoms with van der Waals surface area (Å²) in [7, 11) is -9.90. The van der Waals surface area contributed by atoms with Crippen molar-refractivity contribution < 1.29 is 80.2 Å². The van der Waals surface area contributed by atoms with Crippen molar-refractivity contribution in [1.82, 2.24) is 0 Å². The topological polar surface area (TPSA) is 237 Å². The van der Waals surface area contributed by atoms with Crippen molar-refractivity contribution in [2.75, 3.05) is 39.6 Å². The van der Waals surface area contributed by atoms with E-state index in [1.807, 2.05) is 0 Å². The molecule has 0 spiro atoms. The van der Waals surface area contributed by atoms with Crippen LogP contribution in [0.4, 0.5) is 0 Å². The van der Waals surface area contributed by atoms with E-state index in [4.69, 9.17) is 37.0 Å². The van der Waals surface area contributed by atoms with Gasteiger partial charge in [-0.25, -0.2) is 9.13 Å². The van der Waals surface area contributed by atoms with E-state index in [1.54, 1.807) is 0 Å². The summed E-state index contributed by atoms with van der Waals surface area (Å²) in [6, 6.07) is 0. The van der Waals surface area contributed by atoms with Crippen molar-refractivity contribution in [3.05, 3.63) is 0 Å². The number of hydrogen-bond acceptors (Lipinski definition) is 15. The van der Waals surface area contributed by atoms with Gasteiger partial charge in [0.25, 0.3) is 0 Å². The fourth-order valence-electron chi connectivity index (χ4n) is 10.6. The average Bonchev–Trinajstić information content (AvgIpc) is 3.58. The molecule has 5 atom stereocenters. The predicted molar refractivity (Wildman–Crippen MR) is 358 cm³/mol. The third-order valence-corrected chi connectivity index (χ3v) is 18.2. The van der Waals surface area contributed by atoms with Crippen molar-refractivity contribution in [3.63, 3.8) is 0 Å². The summed E-state index contributed by atoms with van der Waals surface area (Å²) < 4.78 is 68.3. The molecule has 0 aliphatic heterocycles. The molecule has 0 heterocycles. The standard InChI is InChI=1S/C70H136O17P2/c1-6-9-12-15-18-21-24-26-28-31-33-38-43-48-53-67(72)80-59-65(86-70(75)56-51-46-40-35-32-29-27-25-22-19-16-13-10-7-2)61-84-88(76,77)82-57-64(71)58-83-89(78,79)85-62-66(60-81-68(73)54-49-44-41-36-37-42-47-52-63(4)5)87-69(74)55-50-45-39-34-30-23-20-17-14-11-8-3/h63-66,71H,6-62H2,1-5H3,(H,76,77)(H,78,79)/t64-,65-,66-/m1/s1. The van der Waals surface area contributed by atoms with Crippen LogP contribution in [0.3, 0.4) is 0 Å². The highest BCUT2D eigenvalue weighted by Crippen LogP contribution is 2.45. The van der Waals surface area contributed by atoms with Gasteiger partial charge in [-0.3, -0.25) is 37.3 Å². The molecule has 3 N–H and O–H groups in total. The molecule has 0 radical (unpaired) electrons. The van der Waals surface area contributed by atoms with E-state index in [-0.39, 0.29) is 25.7 Å². The number of phosphoric acid groups is 2. The van der Waals surface area contributed by atoms with Crippen LogP contribution in [0.25, 0.3) is 0 Å². The van der Waals surface area contributed by atoms with Gasteiger partial charge in [0.05, 0.1) is 26.4 Å². The van der Waals surface area contributed by atoms with Gasteiger partial charge < -0.3 is 33.8 Å². The second-order valence-electron chi connectivity index (χ2n) is 25.7. The molecule has 0 aromatic carbocycles. The summed E-state index contributed by atoms with van der Waals surface area (Å²) in [5, 5.41) is 10.6. The highest BCUT2D eigenvalue weighted by atomic mass is 31.2. The number of phosphoric ester groups is 2. The number of esters is 4. The van der Waals surface area contributed by atoms with Gasteiger partial charge in [0.1, 0.15) is 19.3 Å². The molecule has 17 nitrogen and oxygen atoms in total. The van der Waals surface area contributed by atoms with Crippen LogP contribution in [0.5, 0.6) is 0 Å². The Hall–Kier alpha value is -1.94. The van der Waals surface area contributed by atoms with Crippen LogP contribution >= 0.6 is 15.6 Å². The monoisotopic (exact) mass is 1310 g/mol. The number of unbranched alkanes of at least 4 members (excludes halogenated alkanes) is 42. The van der Waals surface area contributed by atoms with Gasteiger partial charge in [-0.1, -0.05) is 311 Å². The number of aliphatic hydroxyl groups is 1. The fourth-order valence-corrected chi connectivity index (χ4v) is 12.2. The average molecular weight is 1310 g/mol. The summed E-state index contributed by atoms with van der Waals surface area (Å²) in [6.45, 7) is 7.19. The third-order valence-electron chi connectivity index (χ3n) is 16.3. The van der Waals surface area contributed by atoms with Crippen LogP contribution in [0.15, 0.2) is 0 Å². The number of hydrogen-bond donors (Lipinski definition) is 3. The van der Waals surface area contributed by atoms with E-state index in [1.165, 1.54) is 180 Å². The largest absolute Gasteiger partial charge is 0.472 e. The minimum Gasteiger partial charge on any atom is -0.462 e. The predicted octanol–water partition coefficient (Wildman–Crippen LogP) is 20.1. The Morgan fingerprint density at radius 1 is 0.303 bits per heavy atom. The minimum absolute atomic E-state index is 0.106. The van der Waals surface area contributed by atoms with E-state index in [9.17, 15) is 43.2 Å². The smallest absolute Gasteiger partial charge is 0.462 e. The first-order chi connectivity index (χ1) is 43.0. The van der Waals surface area contributed by atoms with Crippen LogP contribution in [0.2, 0.25) is 0 Å². The van der Waals surface area contributed by atoms with Crippen molar-refractivity contribution in [2.24, 2.45) is 5.92 Å². The first-order valence-electron chi connectivity index (χ1n) is 36.6. The highest BCUT2D eigenvalue weighted by molar-refractivity contribution is 7.47. The van der Waals surface area contributed by atoms with Crippen molar-refractivity contribution in [3.8, 4) is 0 Å². The summed E-state index contributed by atoms with van der Waals surface area (Å²) in [6.07, 6.45) is 49.9. The molecule has 0 saturated carbocycles. The Labute approximate surface area is 543 Å². The van der Waals surface area contributed by atoms with Crippen molar-refractivity contribution in [2.45, 2.75) is 380 Å². The molecule has 0 fully saturated rings. The molecule has 528 valence electrons. The first kappa shape index (κ1) is 87.1. The van der Waals surface area contributed by atoms with Gasteiger partial charge in [0.15, 0.2) is 12.2 Å². The first-order valence-corrected chi connectivity index (χ1v) is 39.6. The number of carbonyl (C=O) groups excluding carboxylic acids is 4. The molecule has 0 aromatic rings. The summed E-state index contributed by atoms with van der Waals surface area (Å²) >= 11 is 0. The fraction of sp³-hybridized carbons (Fsp3) is 0.943. The lowest BCUT2D eigenvalue weighted by Crippen LogP contribution is -2.30. The molecule has 2 unspecified atom stereocenters. The van der Waals surface area contributed by atoms with Crippen LogP contribution in [0, 0.1) is 5.92 Å². The number of rotatable bonds is 70. The molecule has 0 bridgehead atoms. The second kappa shape index (κ2) is 63.5. The van der Waals surface area contributed by atoms with E-state index in [0.29, 0.717) is 31.6 Å².